The second-order valence-electron chi connectivity index (χ2n) is 18.5. The van der Waals surface area contributed by atoms with Crippen LogP contribution in [0.2, 0.25) is 0 Å². The molecule has 1 atom stereocenters. The minimum absolute atomic E-state index is 0.108. The first kappa shape index (κ1) is 63.6. The summed E-state index contributed by atoms with van der Waals surface area (Å²) in [4.78, 5) is 38.0. The van der Waals surface area contributed by atoms with Gasteiger partial charge in [0.2, 0.25) is 0 Å². The molecule has 0 aliphatic rings. The minimum atomic E-state index is -0.817. The van der Waals surface area contributed by atoms with Crippen LogP contribution < -0.4 is 0 Å². The van der Waals surface area contributed by atoms with Crippen LogP contribution in [0.5, 0.6) is 0 Å². The molecular weight excluding hydrogens is 829 g/mol. The van der Waals surface area contributed by atoms with E-state index in [0.717, 1.165) is 83.5 Å². The highest BCUT2D eigenvalue weighted by Gasteiger charge is 2.19. The summed E-state index contributed by atoms with van der Waals surface area (Å²) in [5.74, 6) is -0.999. The predicted octanol–water partition coefficient (Wildman–Crippen LogP) is 18.8. The van der Waals surface area contributed by atoms with Crippen molar-refractivity contribution in [1.82, 2.24) is 0 Å². The van der Waals surface area contributed by atoms with Crippen LogP contribution in [0.25, 0.3) is 0 Å². The van der Waals surface area contributed by atoms with E-state index in [1.54, 1.807) is 0 Å². The second kappa shape index (κ2) is 55.2. The molecule has 0 amide bonds. The Kier molecular flexibility index (Phi) is 52.4. The van der Waals surface area contributed by atoms with E-state index < -0.39 is 12.1 Å². The average Bonchev–Trinajstić information content (AvgIpc) is 3.33. The van der Waals surface area contributed by atoms with E-state index in [2.05, 4.69) is 93.7 Å². The summed E-state index contributed by atoms with van der Waals surface area (Å²) < 4.78 is 16.7. The maximum atomic E-state index is 12.8. The number of ether oxygens (including phenoxy) is 3. The summed E-state index contributed by atoms with van der Waals surface area (Å²) in [7, 11) is 0. The first-order chi connectivity index (χ1) is 33.0. The number of allylic oxidation sites excluding steroid dienone is 14. The molecule has 384 valence electrons. The molecule has 0 aliphatic heterocycles. The van der Waals surface area contributed by atoms with Crippen LogP contribution in [0.4, 0.5) is 0 Å². The van der Waals surface area contributed by atoms with Crippen molar-refractivity contribution in [3.63, 3.8) is 0 Å². The van der Waals surface area contributed by atoms with Crippen LogP contribution >= 0.6 is 0 Å². The highest BCUT2D eigenvalue weighted by atomic mass is 16.6. The summed E-state index contributed by atoms with van der Waals surface area (Å²) in [6, 6.07) is 0. The van der Waals surface area contributed by atoms with E-state index in [9.17, 15) is 14.4 Å². The molecular formula is C61H104O6. The van der Waals surface area contributed by atoms with Crippen LogP contribution in [-0.2, 0) is 28.6 Å². The largest absolute Gasteiger partial charge is 0.462 e. The summed E-state index contributed by atoms with van der Waals surface area (Å²) in [6.07, 6.45) is 71.7. The lowest BCUT2D eigenvalue weighted by Crippen LogP contribution is -2.30. The number of hydrogen-bond donors (Lipinski definition) is 0. The molecule has 0 aromatic heterocycles. The molecule has 0 N–H and O–H groups in total. The maximum absolute atomic E-state index is 12.8. The Morgan fingerprint density at radius 2 is 0.627 bits per heavy atom. The van der Waals surface area contributed by atoms with Gasteiger partial charge in [-0.25, -0.2) is 0 Å². The van der Waals surface area contributed by atoms with E-state index in [1.165, 1.54) is 135 Å². The van der Waals surface area contributed by atoms with Crippen molar-refractivity contribution in [2.45, 2.75) is 271 Å². The molecule has 6 heteroatoms. The maximum Gasteiger partial charge on any atom is 0.306 e. The standard InChI is InChI=1S/C61H104O6/c1-4-7-10-13-16-19-22-24-25-26-27-28-29-30-31-32-33-34-35-37-39-42-45-48-51-54-60(63)66-57-58(56-65-59(62)53-50-47-44-41-38-21-18-15-12-9-6-3)67-61(64)55-52-49-46-43-40-36-23-20-17-14-11-8-5-2/h8,11,15,17-18,20,22,24,26-27,36,40,46,49,58H,4-7,9-10,12-14,16,19,21,23,25,28-35,37-39,41-45,47-48,50-57H2,1-3H3/b11-8-,18-15-,20-17-,24-22-,27-26-,40-36-,49-46-. The predicted molar refractivity (Wildman–Crippen MR) is 288 cm³/mol. The zero-order chi connectivity index (χ0) is 48.6. The van der Waals surface area contributed by atoms with Gasteiger partial charge in [-0.1, -0.05) is 234 Å². The van der Waals surface area contributed by atoms with Crippen molar-refractivity contribution in [2.75, 3.05) is 13.2 Å². The Bertz CT molecular complexity index is 1300. The van der Waals surface area contributed by atoms with Gasteiger partial charge in [-0.05, 0) is 96.3 Å². The highest BCUT2D eigenvalue weighted by molar-refractivity contribution is 5.71. The third-order valence-corrected chi connectivity index (χ3v) is 11.9. The van der Waals surface area contributed by atoms with Crippen LogP contribution in [0.1, 0.15) is 265 Å². The average molecular weight is 933 g/mol. The molecule has 67 heavy (non-hydrogen) atoms. The van der Waals surface area contributed by atoms with Crippen molar-refractivity contribution in [3.8, 4) is 0 Å². The number of carbonyl (C=O) groups is 3. The van der Waals surface area contributed by atoms with Gasteiger partial charge in [0.25, 0.3) is 0 Å². The monoisotopic (exact) mass is 933 g/mol. The lowest BCUT2D eigenvalue weighted by atomic mass is 10.0. The molecule has 0 saturated carbocycles. The fourth-order valence-electron chi connectivity index (χ4n) is 7.64. The molecule has 6 nitrogen and oxygen atoms in total. The summed E-state index contributed by atoms with van der Waals surface area (Å²) in [6.45, 7) is 6.41. The smallest absolute Gasteiger partial charge is 0.306 e. The second-order valence-corrected chi connectivity index (χ2v) is 18.5. The molecule has 0 rings (SSSR count). The van der Waals surface area contributed by atoms with E-state index in [1.807, 2.05) is 12.2 Å². The summed E-state index contributed by atoms with van der Waals surface area (Å²) >= 11 is 0. The van der Waals surface area contributed by atoms with Crippen molar-refractivity contribution in [1.29, 1.82) is 0 Å². The van der Waals surface area contributed by atoms with Gasteiger partial charge < -0.3 is 14.2 Å². The normalized spacial score (nSPS) is 12.7. The molecule has 0 spiro atoms. The highest BCUT2D eigenvalue weighted by Crippen LogP contribution is 2.15. The minimum Gasteiger partial charge on any atom is -0.462 e. The first-order valence-corrected chi connectivity index (χ1v) is 28.1. The van der Waals surface area contributed by atoms with Gasteiger partial charge in [-0.15, -0.1) is 0 Å². The zero-order valence-corrected chi connectivity index (χ0v) is 43.9. The Labute approximate surface area is 414 Å². The zero-order valence-electron chi connectivity index (χ0n) is 43.9. The Hall–Kier alpha value is -3.41. The van der Waals surface area contributed by atoms with Crippen LogP contribution in [0.15, 0.2) is 85.1 Å². The van der Waals surface area contributed by atoms with Crippen molar-refractivity contribution in [2.24, 2.45) is 0 Å². The number of hydrogen-bond acceptors (Lipinski definition) is 6. The molecule has 0 aliphatic carbocycles. The number of unbranched alkanes of at least 4 members (excludes halogenated alkanes) is 25. The van der Waals surface area contributed by atoms with Crippen molar-refractivity contribution in [3.05, 3.63) is 85.1 Å². The molecule has 0 saturated heterocycles. The Morgan fingerprint density at radius 3 is 1.03 bits per heavy atom. The molecule has 0 radical (unpaired) electrons. The number of carbonyl (C=O) groups excluding carboxylic acids is 3. The van der Waals surface area contributed by atoms with Gasteiger partial charge in [0, 0.05) is 19.3 Å². The van der Waals surface area contributed by atoms with Crippen LogP contribution in [-0.4, -0.2) is 37.2 Å². The fraction of sp³-hybridized carbons (Fsp3) is 0.721. The van der Waals surface area contributed by atoms with E-state index in [0.29, 0.717) is 19.3 Å². The lowest BCUT2D eigenvalue weighted by molar-refractivity contribution is -0.166. The molecule has 0 aromatic rings. The van der Waals surface area contributed by atoms with E-state index in [4.69, 9.17) is 14.2 Å². The molecule has 0 aromatic carbocycles. The number of rotatable bonds is 50. The van der Waals surface area contributed by atoms with Crippen molar-refractivity contribution < 1.29 is 28.6 Å². The summed E-state index contributed by atoms with van der Waals surface area (Å²) in [5.41, 5.74) is 0. The van der Waals surface area contributed by atoms with Gasteiger partial charge in [-0.3, -0.25) is 14.4 Å². The SMILES string of the molecule is CC/C=C\C/C=C\C/C=C\C/C=C\CCC(=O)OC(COC(=O)CCCCCCC/C=C\CCCC)COC(=O)CCCCCCCCCCCCCCC/C=C\C/C=C\CCCCCCC. The molecule has 0 bridgehead atoms. The third kappa shape index (κ3) is 53.4. The van der Waals surface area contributed by atoms with Gasteiger partial charge in [0.05, 0.1) is 0 Å². The fourth-order valence-corrected chi connectivity index (χ4v) is 7.64. The summed E-state index contributed by atoms with van der Waals surface area (Å²) in [5, 5.41) is 0. The third-order valence-electron chi connectivity index (χ3n) is 11.9. The topological polar surface area (TPSA) is 78.9 Å². The van der Waals surface area contributed by atoms with Crippen LogP contribution in [0, 0.1) is 0 Å². The van der Waals surface area contributed by atoms with Gasteiger partial charge in [-0.2, -0.15) is 0 Å². The van der Waals surface area contributed by atoms with E-state index in [-0.39, 0.29) is 31.6 Å². The van der Waals surface area contributed by atoms with E-state index >= 15 is 0 Å². The Balaban J connectivity index is 4.28. The Morgan fingerprint density at radius 1 is 0.313 bits per heavy atom. The molecule has 1 unspecified atom stereocenters. The van der Waals surface area contributed by atoms with Gasteiger partial charge in [0.15, 0.2) is 6.10 Å². The lowest BCUT2D eigenvalue weighted by Gasteiger charge is -2.18. The first-order valence-electron chi connectivity index (χ1n) is 28.1. The van der Waals surface area contributed by atoms with Gasteiger partial charge >= 0.3 is 17.9 Å². The van der Waals surface area contributed by atoms with Crippen LogP contribution in [0.3, 0.4) is 0 Å². The number of esters is 3. The molecule has 0 fully saturated rings. The van der Waals surface area contributed by atoms with Gasteiger partial charge in [0.1, 0.15) is 13.2 Å². The molecule has 0 heterocycles. The van der Waals surface area contributed by atoms with Crippen molar-refractivity contribution >= 4 is 17.9 Å². The quantitative estimate of drug-likeness (QED) is 0.0262.